The zero-order valence-electron chi connectivity index (χ0n) is 11.1. The summed E-state index contributed by atoms with van der Waals surface area (Å²) in [5, 5.41) is 0. The maximum Gasteiger partial charge on any atom is 0.299 e. The van der Waals surface area contributed by atoms with Crippen LogP contribution in [0.1, 0.15) is 16.1 Å². The molecular weight excluding hydrogens is 266 g/mol. The highest BCUT2D eigenvalue weighted by atomic mass is 16.2. The number of aromatic nitrogens is 2. The third-order valence-corrected chi connectivity index (χ3v) is 3.61. The number of rotatable bonds is 2. The maximum absolute atomic E-state index is 12.1. The third-order valence-electron chi connectivity index (χ3n) is 3.61. The van der Waals surface area contributed by atoms with Crippen LogP contribution in [0, 0.1) is 0 Å². The second kappa shape index (κ2) is 4.28. The molecule has 3 aromatic rings. The monoisotopic (exact) mass is 277 g/mol. The number of nitrogens with zero attached hydrogens (tertiary/aromatic N) is 3. The molecule has 1 aliphatic rings. The summed E-state index contributed by atoms with van der Waals surface area (Å²) in [4.78, 5) is 30.0. The van der Waals surface area contributed by atoms with E-state index in [-0.39, 0.29) is 0 Å². The smallest absolute Gasteiger partial charge is 0.299 e. The van der Waals surface area contributed by atoms with Crippen molar-refractivity contribution in [2.75, 3.05) is 4.90 Å². The van der Waals surface area contributed by atoms with Gasteiger partial charge in [0, 0.05) is 12.4 Å². The van der Waals surface area contributed by atoms with Gasteiger partial charge in [-0.05, 0) is 24.3 Å². The van der Waals surface area contributed by atoms with E-state index in [1.54, 1.807) is 18.2 Å². The first-order chi connectivity index (χ1) is 10.2. The molecule has 1 amide bonds. The van der Waals surface area contributed by atoms with E-state index >= 15 is 0 Å². The van der Waals surface area contributed by atoms with Crippen molar-refractivity contribution in [3.8, 4) is 0 Å². The summed E-state index contributed by atoms with van der Waals surface area (Å²) in [6, 6.07) is 12.8. The average Bonchev–Trinajstić information content (AvgIpc) is 3.02. The molecule has 0 unspecified atom stereocenters. The number of imidazole rings is 1. The molecule has 0 saturated carbocycles. The number of hydrogen-bond donors (Lipinski definition) is 0. The molecule has 0 atom stereocenters. The first-order valence-corrected chi connectivity index (χ1v) is 6.62. The topological polar surface area (TPSA) is 54.7 Å². The average molecular weight is 277 g/mol. The molecule has 0 saturated heterocycles. The predicted molar refractivity (Wildman–Crippen MR) is 77.2 cm³/mol. The molecular formula is C16H11N3O2. The molecule has 0 radical (unpaired) electrons. The van der Waals surface area contributed by atoms with Crippen molar-refractivity contribution in [1.82, 2.24) is 9.38 Å². The van der Waals surface area contributed by atoms with Gasteiger partial charge in [-0.1, -0.05) is 18.2 Å². The highest BCUT2D eigenvalue weighted by Gasteiger charge is 2.35. The molecule has 0 spiro atoms. The summed E-state index contributed by atoms with van der Waals surface area (Å²) in [5.74, 6) is -0.942. The van der Waals surface area contributed by atoms with Gasteiger partial charge >= 0.3 is 0 Å². The van der Waals surface area contributed by atoms with Crippen molar-refractivity contribution >= 4 is 23.0 Å². The third kappa shape index (κ3) is 1.74. The number of anilines is 1. The molecule has 102 valence electrons. The minimum atomic E-state index is -0.492. The van der Waals surface area contributed by atoms with Gasteiger partial charge in [-0.25, -0.2) is 4.98 Å². The van der Waals surface area contributed by atoms with E-state index in [1.807, 2.05) is 41.1 Å². The number of carbonyl (C=O) groups excluding carboxylic acids is 2. The quantitative estimate of drug-likeness (QED) is 0.674. The van der Waals surface area contributed by atoms with E-state index in [1.165, 1.54) is 4.90 Å². The largest absolute Gasteiger partial charge is 0.307 e. The van der Waals surface area contributed by atoms with Gasteiger partial charge in [0.15, 0.2) is 0 Å². The van der Waals surface area contributed by atoms with Gasteiger partial charge in [0.2, 0.25) is 0 Å². The van der Waals surface area contributed by atoms with Gasteiger partial charge in [-0.2, -0.15) is 0 Å². The zero-order chi connectivity index (χ0) is 14.4. The van der Waals surface area contributed by atoms with E-state index in [0.717, 1.165) is 11.3 Å². The second-order valence-electron chi connectivity index (χ2n) is 4.94. The lowest BCUT2D eigenvalue weighted by Gasteiger charge is -2.14. The van der Waals surface area contributed by atoms with Crippen LogP contribution < -0.4 is 4.90 Å². The fraction of sp³-hybridized carbons (Fsp3) is 0.0625. The molecule has 5 heteroatoms. The van der Waals surface area contributed by atoms with Crippen molar-refractivity contribution in [2.45, 2.75) is 6.54 Å². The first-order valence-electron chi connectivity index (χ1n) is 6.62. The summed E-state index contributed by atoms with van der Waals surface area (Å²) in [7, 11) is 0. The minimum absolute atomic E-state index is 0.295. The van der Waals surface area contributed by atoms with Crippen LogP contribution in [0.4, 0.5) is 5.69 Å². The van der Waals surface area contributed by atoms with Crippen LogP contribution in [-0.4, -0.2) is 21.1 Å². The Labute approximate surface area is 120 Å². The van der Waals surface area contributed by atoms with Crippen LogP contribution in [-0.2, 0) is 11.3 Å². The lowest BCUT2D eigenvalue weighted by Crippen LogP contribution is -2.29. The summed E-state index contributed by atoms with van der Waals surface area (Å²) in [6.07, 6.45) is 3.77. The Morgan fingerprint density at radius 1 is 1.00 bits per heavy atom. The van der Waals surface area contributed by atoms with Gasteiger partial charge < -0.3 is 4.40 Å². The molecule has 1 aliphatic heterocycles. The summed E-state index contributed by atoms with van der Waals surface area (Å²) < 4.78 is 1.89. The van der Waals surface area contributed by atoms with Crippen LogP contribution in [0.5, 0.6) is 0 Å². The van der Waals surface area contributed by atoms with Gasteiger partial charge in [-0.15, -0.1) is 0 Å². The van der Waals surface area contributed by atoms with E-state index in [0.29, 0.717) is 17.8 Å². The summed E-state index contributed by atoms with van der Waals surface area (Å²) in [5.41, 5.74) is 2.69. The molecule has 4 rings (SSSR count). The SMILES string of the molecule is O=C1C(=O)N(Cc2cn3ccccc3n2)c2ccccc21. The molecule has 3 heterocycles. The zero-order valence-corrected chi connectivity index (χ0v) is 11.1. The Balaban J connectivity index is 1.74. The van der Waals surface area contributed by atoms with E-state index in [9.17, 15) is 9.59 Å². The number of Topliss-reactive ketones (excluding diaryl/α,β-unsaturated/α-hetero) is 1. The highest BCUT2D eigenvalue weighted by molar-refractivity contribution is 6.52. The maximum atomic E-state index is 12.1. The van der Waals surface area contributed by atoms with Crippen LogP contribution in [0.15, 0.2) is 54.9 Å². The van der Waals surface area contributed by atoms with E-state index < -0.39 is 11.7 Å². The lowest BCUT2D eigenvalue weighted by molar-refractivity contribution is -0.114. The second-order valence-corrected chi connectivity index (χ2v) is 4.94. The Hall–Kier alpha value is -2.95. The Morgan fingerprint density at radius 2 is 1.81 bits per heavy atom. The lowest BCUT2D eigenvalue weighted by atomic mass is 10.1. The van der Waals surface area contributed by atoms with Crippen molar-refractivity contribution in [3.63, 3.8) is 0 Å². The predicted octanol–water partition coefficient (Wildman–Crippen LogP) is 2.06. The number of pyridine rings is 1. The fourth-order valence-electron chi connectivity index (χ4n) is 2.63. The normalized spacial score (nSPS) is 14.0. The number of amides is 1. The van der Waals surface area contributed by atoms with Crippen molar-refractivity contribution in [3.05, 3.63) is 66.1 Å². The number of fused-ring (bicyclic) bond motifs is 2. The molecule has 2 aromatic heterocycles. The number of benzene rings is 1. The summed E-state index contributed by atoms with van der Waals surface area (Å²) in [6.45, 7) is 0.295. The van der Waals surface area contributed by atoms with E-state index in [2.05, 4.69) is 4.98 Å². The number of para-hydroxylation sites is 1. The molecule has 0 bridgehead atoms. The van der Waals surface area contributed by atoms with Gasteiger partial charge in [0.05, 0.1) is 23.5 Å². The van der Waals surface area contributed by atoms with Crippen LogP contribution in [0.25, 0.3) is 5.65 Å². The van der Waals surface area contributed by atoms with Gasteiger partial charge in [0.1, 0.15) is 5.65 Å². The van der Waals surface area contributed by atoms with Gasteiger partial charge in [-0.3, -0.25) is 14.5 Å². The Kier molecular flexibility index (Phi) is 2.41. The van der Waals surface area contributed by atoms with E-state index in [4.69, 9.17) is 0 Å². The van der Waals surface area contributed by atoms with Gasteiger partial charge in [0.25, 0.3) is 11.7 Å². The Morgan fingerprint density at radius 3 is 2.67 bits per heavy atom. The van der Waals surface area contributed by atoms with Crippen LogP contribution >= 0.6 is 0 Å². The molecule has 21 heavy (non-hydrogen) atoms. The number of ketones is 1. The van der Waals surface area contributed by atoms with Crippen LogP contribution in [0.2, 0.25) is 0 Å². The molecule has 1 aromatic carbocycles. The standard InChI is InChI=1S/C16H11N3O2/c20-15-12-5-1-2-6-13(12)19(16(15)21)10-11-9-18-8-4-3-7-14(18)17-11/h1-9H,10H2. The minimum Gasteiger partial charge on any atom is -0.307 e. The van der Waals surface area contributed by atoms with Crippen molar-refractivity contribution in [2.24, 2.45) is 0 Å². The first kappa shape index (κ1) is 11.8. The molecule has 0 aliphatic carbocycles. The number of carbonyl (C=O) groups is 2. The highest BCUT2D eigenvalue weighted by Crippen LogP contribution is 2.29. The number of hydrogen-bond acceptors (Lipinski definition) is 3. The molecule has 0 N–H and O–H groups in total. The van der Waals surface area contributed by atoms with Crippen molar-refractivity contribution in [1.29, 1.82) is 0 Å². The fourth-order valence-corrected chi connectivity index (χ4v) is 2.63. The van der Waals surface area contributed by atoms with Crippen molar-refractivity contribution < 1.29 is 9.59 Å². The molecule has 0 fully saturated rings. The summed E-state index contributed by atoms with van der Waals surface area (Å²) >= 11 is 0. The van der Waals surface area contributed by atoms with Crippen LogP contribution in [0.3, 0.4) is 0 Å². The molecule has 5 nitrogen and oxygen atoms in total. The Bertz CT molecular complexity index is 849.